The molecule has 1 saturated heterocycles. The molecule has 4 rings (SSSR count). The number of aryl methyl sites for hydroxylation is 1. The molecule has 1 fully saturated rings. The first-order chi connectivity index (χ1) is 15.2. The van der Waals surface area contributed by atoms with Gasteiger partial charge in [0, 0.05) is 40.1 Å². The van der Waals surface area contributed by atoms with E-state index in [4.69, 9.17) is 11.6 Å². The lowest BCUT2D eigenvalue weighted by molar-refractivity contribution is 0.0704. The molecule has 1 aromatic heterocycles. The van der Waals surface area contributed by atoms with E-state index in [-0.39, 0.29) is 17.5 Å². The van der Waals surface area contributed by atoms with Crippen molar-refractivity contribution in [2.24, 2.45) is 0 Å². The molecule has 1 N–H and O–H groups in total. The van der Waals surface area contributed by atoms with Crippen molar-refractivity contribution in [2.45, 2.75) is 59.2 Å². The van der Waals surface area contributed by atoms with Gasteiger partial charge in [0.15, 0.2) is 0 Å². The summed E-state index contributed by atoms with van der Waals surface area (Å²) in [4.78, 5) is 35.6. The fourth-order valence-corrected chi connectivity index (χ4v) is 5.48. The van der Waals surface area contributed by atoms with E-state index in [0.29, 0.717) is 28.7 Å². The van der Waals surface area contributed by atoms with Crippen molar-refractivity contribution in [1.82, 2.24) is 14.8 Å². The second-order valence-corrected chi connectivity index (χ2v) is 9.68. The van der Waals surface area contributed by atoms with Gasteiger partial charge in [-0.3, -0.25) is 9.59 Å². The van der Waals surface area contributed by atoms with E-state index in [2.05, 4.69) is 28.8 Å². The number of halogens is 1. The van der Waals surface area contributed by atoms with Crippen LogP contribution >= 0.6 is 11.6 Å². The maximum Gasteiger partial charge on any atom is 0.255 e. The number of piperidine rings is 1. The van der Waals surface area contributed by atoms with Gasteiger partial charge >= 0.3 is 0 Å². The summed E-state index contributed by atoms with van der Waals surface area (Å²) in [5.74, 6) is -0.0774. The lowest BCUT2D eigenvalue weighted by Crippen LogP contribution is -2.44. The zero-order valence-corrected chi connectivity index (χ0v) is 20.4. The SMILES string of the molecule is CCN(c1cc(Cl)cc(C(=O)N2Cc3c(cc(C)[nH]c3=O)C2C)c1C)C1CCN(C)CC1. The normalized spacial score (nSPS) is 19.3. The zero-order chi connectivity index (χ0) is 23.2. The average molecular weight is 457 g/mol. The van der Waals surface area contributed by atoms with Crippen LogP contribution in [0.2, 0.25) is 5.02 Å². The molecule has 1 amide bonds. The minimum atomic E-state index is -0.156. The van der Waals surface area contributed by atoms with Crippen LogP contribution in [0.4, 0.5) is 5.69 Å². The number of carbonyl (C=O) groups is 1. The minimum absolute atomic E-state index is 0.0774. The summed E-state index contributed by atoms with van der Waals surface area (Å²) in [6, 6.07) is 6.02. The molecule has 6 nitrogen and oxygen atoms in total. The van der Waals surface area contributed by atoms with Crippen molar-refractivity contribution in [3.05, 3.63) is 61.5 Å². The third-order valence-corrected chi connectivity index (χ3v) is 7.38. The Balaban J connectivity index is 1.67. The van der Waals surface area contributed by atoms with Crippen molar-refractivity contribution in [3.63, 3.8) is 0 Å². The summed E-state index contributed by atoms with van der Waals surface area (Å²) in [6.07, 6.45) is 2.19. The maximum atomic E-state index is 13.7. The molecule has 3 heterocycles. The van der Waals surface area contributed by atoms with Gasteiger partial charge in [-0.15, -0.1) is 0 Å². The van der Waals surface area contributed by atoms with Crippen LogP contribution in [-0.2, 0) is 6.54 Å². The Morgan fingerprint density at radius 3 is 2.56 bits per heavy atom. The van der Waals surface area contributed by atoms with Crippen LogP contribution in [0.3, 0.4) is 0 Å². The summed E-state index contributed by atoms with van der Waals surface area (Å²) < 4.78 is 0. The van der Waals surface area contributed by atoms with Crippen molar-refractivity contribution in [1.29, 1.82) is 0 Å². The lowest BCUT2D eigenvalue weighted by atomic mass is 9.99. The van der Waals surface area contributed by atoms with Gasteiger partial charge in [0.2, 0.25) is 0 Å². The van der Waals surface area contributed by atoms with Crippen molar-refractivity contribution >= 4 is 23.2 Å². The number of likely N-dealkylation sites (tertiary alicyclic amines) is 1. The van der Waals surface area contributed by atoms with E-state index in [1.165, 1.54) is 0 Å². The topological polar surface area (TPSA) is 59.7 Å². The van der Waals surface area contributed by atoms with Crippen LogP contribution in [0.25, 0.3) is 0 Å². The molecule has 0 radical (unpaired) electrons. The number of hydrogen-bond donors (Lipinski definition) is 1. The van der Waals surface area contributed by atoms with Gasteiger partial charge in [-0.2, -0.15) is 0 Å². The second kappa shape index (κ2) is 8.91. The summed E-state index contributed by atoms with van der Waals surface area (Å²) in [7, 11) is 2.16. The number of hydrogen-bond acceptors (Lipinski definition) is 4. The Labute approximate surface area is 195 Å². The molecule has 2 aliphatic heterocycles. The molecule has 1 unspecified atom stereocenters. The van der Waals surface area contributed by atoms with E-state index in [0.717, 1.165) is 55.0 Å². The van der Waals surface area contributed by atoms with Crippen molar-refractivity contribution in [3.8, 4) is 0 Å². The number of amides is 1. The smallest absolute Gasteiger partial charge is 0.255 e. The molecule has 32 heavy (non-hydrogen) atoms. The number of pyridine rings is 1. The number of aromatic nitrogens is 1. The van der Waals surface area contributed by atoms with Gasteiger partial charge in [0.25, 0.3) is 11.5 Å². The molecular weight excluding hydrogens is 424 g/mol. The second-order valence-electron chi connectivity index (χ2n) is 9.24. The number of carbonyl (C=O) groups excluding carboxylic acids is 1. The van der Waals surface area contributed by atoms with Gasteiger partial charge in [-0.1, -0.05) is 11.6 Å². The van der Waals surface area contributed by atoms with Crippen LogP contribution in [-0.4, -0.2) is 53.4 Å². The summed E-state index contributed by atoms with van der Waals surface area (Å²) >= 11 is 6.55. The van der Waals surface area contributed by atoms with E-state index >= 15 is 0 Å². The Morgan fingerprint density at radius 2 is 1.91 bits per heavy atom. The Hall–Kier alpha value is -2.31. The van der Waals surface area contributed by atoms with Crippen molar-refractivity contribution < 1.29 is 4.79 Å². The largest absolute Gasteiger partial charge is 0.368 e. The first kappa shape index (κ1) is 22.9. The molecule has 0 saturated carbocycles. The highest BCUT2D eigenvalue weighted by molar-refractivity contribution is 6.31. The number of anilines is 1. The van der Waals surface area contributed by atoms with Gasteiger partial charge in [0.05, 0.1) is 12.6 Å². The molecule has 1 aromatic carbocycles. The number of nitrogens with one attached hydrogen (secondary N) is 1. The van der Waals surface area contributed by atoms with Crippen LogP contribution in [0.15, 0.2) is 23.0 Å². The molecule has 0 bridgehead atoms. The summed E-state index contributed by atoms with van der Waals surface area (Å²) in [5, 5.41) is 0.568. The van der Waals surface area contributed by atoms with Gasteiger partial charge in [-0.05, 0) is 90.0 Å². The highest BCUT2D eigenvalue weighted by Gasteiger charge is 2.34. The Kier molecular flexibility index (Phi) is 6.37. The molecular formula is C25H33ClN4O2. The maximum absolute atomic E-state index is 13.7. The third-order valence-electron chi connectivity index (χ3n) is 7.17. The number of aromatic amines is 1. The lowest BCUT2D eigenvalue weighted by Gasteiger charge is -2.39. The highest BCUT2D eigenvalue weighted by Crippen LogP contribution is 2.36. The number of rotatable bonds is 4. The monoisotopic (exact) mass is 456 g/mol. The van der Waals surface area contributed by atoms with Crippen LogP contribution < -0.4 is 10.5 Å². The van der Waals surface area contributed by atoms with E-state index < -0.39 is 0 Å². The first-order valence-corrected chi connectivity index (χ1v) is 11.9. The van der Waals surface area contributed by atoms with Gasteiger partial charge in [0.1, 0.15) is 0 Å². The predicted octanol–water partition coefficient (Wildman–Crippen LogP) is 4.28. The Bertz CT molecular complexity index is 1090. The Morgan fingerprint density at radius 1 is 1.22 bits per heavy atom. The molecule has 2 aromatic rings. The molecule has 2 aliphatic rings. The molecule has 0 aliphatic carbocycles. The number of fused-ring (bicyclic) bond motifs is 1. The van der Waals surface area contributed by atoms with E-state index in [1.807, 2.05) is 32.9 Å². The van der Waals surface area contributed by atoms with Crippen molar-refractivity contribution in [2.75, 3.05) is 31.6 Å². The summed E-state index contributed by atoms with van der Waals surface area (Å²) in [6.45, 7) is 11.4. The van der Waals surface area contributed by atoms with Crippen LogP contribution in [0.1, 0.15) is 65.5 Å². The minimum Gasteiger partial charge on any atom is -0.368 e. The molecule has 1 atom stereocenters. The van der Waals surface area contributed by atoms with Crippen LogP contribution in [0, 0.1) is 13.8 Å². The quantitative estimate of drug-likeness (QED) is 0.745. The third kappa shape index (κ3) is 4.06. The molecule has 7 heteroatoms. The van der Waals surface area contributed by atoms with Crippen LogP contribution in [0.5, 0.6) is 0 Å². The van der Waals surface area contributed by atoms with E-state index in [9.17, 15) is 9.59 Å². The zero-order valence-electron chi connectivity index (χ0n) is 19.7. The average Bonchev–Trinajstić information content (AvgIpc) is 3.08. The first-order valence-electron chi connectivity index (χ1n) is 11.5. The van der Waals surface area contributed by atoms with Gasteiger partial charge in [-0.25, -0.2) is 0 Å². The fourth-order valence-electron chi connectivity index (χ4n) is 5.27. The number of H-pyrrole nitrogens is 1. The van der Waals surface area contributed by atoms with Gasteiger partial charge < -0.3 is 19.7 Å². The fraction of sp³-hybridized carbons (Fsp3) is 0.520. The number of nitrogens with zero attached hydrogens (tertiary/aromatic N) is 3. The highest BCUT2D eigenvalue weighted by atomic mass is 35.5. The standard InChI is InChI=1S/C25H33ClN4O2/c1-6-29(19-7-9-28(5)10-8-19)23-13-18(26)12-20(16(23)3)25(32)30-14-22-21(17(30)4)11-15(2)27-24(22)31/h11-13,17,19H,6-10,14H2,1-5H3,(H,27,31). The molecule has 172 valence electrons. The summed E-state index contributed by atoms with van der Waals surface area (Å²) in [5.41, 5.74) is 4.92. The molecule has 0 spiro atoms. The number of benzene rings is 1. The van der Waals surface area contributed by atoms with E-state index in [1.54, 1.807) is 11.0 Å². The predicted molar refractivity (Wildman–Crippen MR) is 130 cm³/mol.